The molecule has 1 heterocycles. The van der Waals surface area contributed by atoms with E-state index in [4.69, 9.17) is 9.79 Å². The summed E-state index contributed by atoms with van der Waals surface area (Å²) in [4.78, 5) is 18.1. The second kappa shape index (κ2) is 8.19. The van der Waals surface area contributed by atoms with Gasteiger partial charge in [0.2, 0.25) is 0 Å². The molecule has 0 fully saturated rings. The number of para-hydroxylation sites is 1. The first-order valence-corrected chi connectivity index (χ1v) is 12.4. The van der Waals surface area contributed by atoms with Crippen LogP contribution in [0, 0.1) is 0 Å². The van der Waals surface area contributed by atoms with Crippen molar-refractivity contribution in [1.82, 2.24) is 4.57 Å². The van der Waals surface area contributed by atoms with E-state index in [9.17, 15) is 13.3 Å². The van der Waals surface area contributed by atoms with Gasteiger partial charge in [0.05, 0.1) is 0 Å². The van der Waals surface area contributed by atoms with Gasteiger partial charge in [0, 0.05) is 33.2 Å². The minimum Gasteiger partial charge on any atom is -0.340 e. The molecular formula is C22H23BrF2NO3P. The summed E-state index contributed by atoms with van der Waals surface area (Å²) in [5.41, 5.74) is -0.333. The Balaban J connectivity index is 1.76. The normalized spacial score (nSPS) is 15.6. The first kappa shape index (κ1) is 21.7. The third-order valence-corrected chi connectivity index (χ3v) is 7.48. The smallest absolute Gasteiger partial charge is 0.340 e. The van der Waals surface area contributed by atoms with E-state index in [2.05, 4.69) is 32.6 Å². The molecule has 2 N–H and O–H groups in total. The number of rotatable bonds is 4. The lowest BCUT2D eigenvalue weighted by molar-refractivity contribution is 0.0557. The Morgan fingerprint density at radius 1 is 1.03 bits per heavy atom. The van der Waals surface area contributed by atoms with Gasteiger partial charge in [-0.1, -0.05) is 59.1 Å². The van der Waals surface area contributed by atoms with Crippen LogP contribution in [0.1, 0.15) is 48.1 Å². The fourth-order valence-electron chi connectivity index (χ4n) is 4.36. The minimum absolute atomic E-state index is 0.00678. The lowest BCUT2D eigenvalue weighted by Crippen LogP contribution is -2.15. The largest absolute Gasteiger partial charge is 0.399 e. The molecule has 0 saturated carbocycles. The number of benzene rings is 2. The molecule has 4 rings (SSSR count). The zero-order chi connectivity index (χ0) is 21.5. The summed E-state index contributed by atoms with van der Waals surface area (Å²) in [5, 5.41) is 1.25. The van der Waals surface area contributed by atoms with Crippen LogP contribution in [-0.4, -0.2) is 14.4 Å². The molecule has 0 aliphatic heterocycles. The van der Waals surface area contributed by atoms with Crippen LogP contribution >= 0.6 is 23.5 Å². The maximum absolute atomic E-state index is 14.2. The number of fused-ring (bicyclic) bond motifs is 3. The van der Waals surface area contributed by atoms with E-state index in [0.29, 0.717) is 6.54 Å². The van der Waals surface area contributed by atoms with Gasteiger partial charge in [-0.3, -0.25) is 4.57 Å². The van der Waals surface area contributed by atoms with Gasteiger partial charge < -0.3 is 14.4 Å². The topological polar surface area (TPSA) is 62.5 Å². The summed E-state index contributed by atoms with van der Waals surface area (Å²) >= 11 is 3.09. The van der Waals surface area contributed by atoms with Crippen molar-refractivity contribution in [2.24, 2.45) is 0 Å². The lowest BCUT2D eigenvalue weighted by atomic mass is 9.96. The van der Waals surface area contributed by atoms with E-state index in [1.54, 1.807) is 0 Å². The summed E-state index contributed by atoms with van der Waals surface area (Å²) in [5.74, 6) is 0. The van der Waals surface area contributed by atoms with Crippen LogP contribution < -0.4 is 0 Å². The maximum Gasteiger partial charge on any atom is 0.399 e. The van der Waals surface area contributed by atoms with Crippen LogP contribution in [0.25, 0.3) is 10.9 Å². The van der Waals surface area contributed by atoms with E-state index in [-0.39, 0.29) is 4.47 Å². The molecule has 8 heteroatoms. The molecule has 4 nitrogen and oxygen atoms in total. The quantitative estimate of drug-likeness (QED) is 0.413. The Kier molecular flexibility index (Phi) is 5.92. The monoisotopic (exact) mass is 497 g/mol. The van der Waals surface area contributed by atoms with Crippen molar-refractivity contribution in [3.63, 3.8) is 0 Å². The van der Waals surface area contributed by atoms with E-state index in [1.807, 2.05) is 12.1 Å². The highest BCUT2D eigenvalue weighted by molar-refractivity contribution is 9.10. The highest BCUT2D eigenvalue weighted by atomic mass is 79.9. The van der Waals surface area contributed by atoms with Crippen LogP contribution in [0.4, 0.5) is 8.78 Å². The highest BCUT2D eigenvalue weighted by Crippen LogP contribution is 2.60. The molecule has 1 aliphatic rings. The number of alkyl halides is 2. The fourth-order valence-corrected chi connectivity index (χ4v) is 5.70. The number of aromatic nitrogens is 1. The van der Waals surface area contributed by atoms with Crippen LogP contribution in [0.3, 0.4) is 0 Å². The molecule has 1 aliphatic carbocycles. The van der Waals surface area contributed by atoms with Crippen LogP contribution in [0.2, 0.25) is 0 Å². The second-order valence-electron chi connectivity index (χ2n) is 7.84. The highest BCUT2D eigenvalue weighted by Gasteiger charge is 2.51. The molecule has 0 radical (unpaired) electrons. The summed E-state index contributed by atoms with van der Waals surface area (Å²) < 4.78 is 41.8. The third-order valence-electron chi connectivity index (χ3n) is 5.85. The first-order chi connectivity index (χ1) is 14.2. The predicted molar refractivity (Wildman–Crippen MR) is 117 cm³/mol. The van der Waals surface area contributed by atoms with E-state index >= 15 is 0 Å². The lowest BCUT2D eigenvalue weighted by Gasteiger charge is -2.20. The number of hydrogen-bond donors (Lipinski definition) is 2. The zero-order valence-electron chi connectivity index (χ0n) is 16.3. The Labute approximate surface area is 182 Å². The first-order valence-electron chi connectivity index (χ1n) is 10.0. The SMILES string of the molecule is O=P(O)(O)C(F)(F)c1ccc(Cn2c3c(c4ccccc42)CCCCCC3)cc1Br. The van der Waals surface area contributed by atoms with Crippen molar-refractivity contribution < 1.29 is 23.1 Å². The van der Waals surface area contributed by atoms with Gasteiger partial charge in [-0.15, -0.1) is 0 Å². The molecule has 0 bridgehead atoms. The second-order valence-corrected chi connectivity index (χ2v) is 10.3. The number of hydrogen-bond acceptors (Lipinski definition) is 1. The standard InChI is InChI=1S/C22H23BrF2NO3P/c23-19-13-15(11-12-18(19)22(24,25)30(27,28)29)14-26-20-9-4-2-1-3-7-16(20)17-8-5-6-10-21(17)26/h5-6,8,10-13H,1-4,7,9,14H2,(H2,27,28,29). The van der Waals surface area contributed by atoms with Crippen LogP contribution in [0.5, 0.6) is 0 Å². The van der Waals surface area contributed by atoms with E-state index in [0.717, 1.165) is 36.4 Å². The molecule has 0 unspecified atom stereocenters. The summed E-state index contributed by atoms with van der Waals surface area (Å²) in [6.07, 6.45) is 6.76. The van der Waals surface area contributed by atoms with Gasteiger partial charge in [-0.2, -0.15) is 8.78 Å². The molecule has 2 aromatic carbocycles. The Morgan fingerprint density at radius 3 is 2.43 bits per heavy atom. The molecule has 1 aromatic heterocycles. The van der Waals surface area contributed by atoms with E-state index < -0.39 is 18.8 Å². The van der Waals surface area contributed by atoms with Gasteiger partial charge >= 0.3 is 13.3 Å². The van der Waals surface area contributed by atoms with Crippen molar-refractivity contribution in [2.75, 3.05) is 0 Å². The average molecular weight is 498 g/mol. The molecule has 160 valence electrons. The Hall–Kier alpha value is -1.53. The molecule has 0 amide bonds. The summed E-state index contributed by atoms with van der Waals surface area (Å²) in [6.45, 7) is 0.510. The number of nitrogens with zero attached hydrogens (tertiary/aromatic N) is 1. The molecule has 0 saturated heterocycles. The summed E-state index contributed by atoms with van der Waals surface area (Å²) in [7, 11) is -5.62. The van der Waals surface area contributed by atoms with Crippen LogP contribution in [0.15, 0.2) is 46.9 Å². The van der Waals surface area contributed by atoms with Gasteiger partial charge in [0.1, 0.15) is 0 Å². The Morgan fingerprint density at radius 2 is 1.73 bits per heavy atom. The van der Waals surface area contributed by atoms with Gasteiger partial charge in [0.25, 0.3) is 0 Å². The van der Waals surface area contributed by atoms with Crippen molar-refractivity contribution in [3.8, 4) is 0 Å². The molecule has 0 atom stereocenters. The average Bonchev–Trinajstić information content (AvgIpc) is 2.92. The predicted octanol–water partition coefficient (Wildman–Crippen LogP) is 6.34. The zero-order valence-corrected chi connectivity index (χ0v) is 18.8. The minimum atomic E-state index is -5.62. The summed E-state index contributed by atoms with van der Waals surface area (Å²) in [6, 6.07) is 12.4. The van der Waals surface area contributed by atoms with Gasteiger partial charge in [-0.05, 0) is 48.9 Å². The number of aryl methyl sites for hydroxylation is 1. The fraction of sp³-hybridized carbons (Fsp3) is 0.364. The molecule has 30 heavy (non-hydrogen) atoms. The third kappa shape index (κ3) is 3.89. The molecule has 0 spiro atoms. The van der Waals surface area contributed by atoms with Crippen molar-refractivity contribution >= 4 is 34.4 Å². The van der Waals surface area contributed by atoms with Gasteiger partial charge in [-0.25, -0.2) is 0 Å². The van der Waals surface area contributed by atoms with Crippen molar-refractivity contribution in [3.05, 3.63) is 69.3 Å². The van der Waals surface area contributed by atoms with Gasteiger partial charge in [0.15, 0.2) is 0 Å². The van der Waals surface area contributed by atoms with Crippen molar-refractivity contribution in [2.45, 2.75) is 50.7 Å². The molecular weight excluding hydrogens is 475 g/mol. The van der Waals surface area contributed by atoms with Crippen LogP contribution in [-0.2, 0) is 29.6 Å². The number of halogens is 3. The molecule has 3 aromatic rings. The Bertz CT molecular complexity index is 1140. The van der Waals surface area contributed by atoms with E-state index in [1.165, 1.54) is 48.0 Å². The van der Waals surface area contributed by atoms with Crippen molar-refractivity contribution in [1.29, 1.82) is 0 Å². The maximum atomic E-state index is 14.2.